The van der Waals surface area contributed by atoms with E-state index in [0.717, 1.165) is 24.1 Å². The standard InChI is InChI=1S/C18H25NO4/c1-18(2,3)23-17(22)11-13-7-6-10-19(12-16(20)21)15-9-5-4-8-14(13)15/h4-5,8-9,13H,6-7,10-12H2,1-3H3,(H,20,21). The topological polar surface area (TPSA) is 66.8 Å². The minimum atomic E-state index is -0.842. The lowest BCUT2D eigenvalue weighted by Crippen LogP contribution is -2.30. The molecule has 1 atom stereocenters. The molecule has 0 aliphatic carbocycles. The molecular formula is C18H25NO4. The van der Waals surface area contributed by atoms with Gasteiger partial charge in [0, 0.05) is 12.2 Å². The SMILES string of the molecule is CC(C)(C)OC(=O)CC1CCCN(CC(=O)O)c2ccccc21. The Bertz CT molecular complexity index is 577. The number of carbonyl (C=O) groups excluding carboxylic acids is 1. The zero-order valence-corrected chi connectivity index (χ0v) is 14.0. The van der Waals surface area contributed by atoms with Crippen molar-refractivity contribution in [3.05, 3.63) is 29.8 Å². The van der Waals surface area contributed by atoms with Gasteiger partial charge in [0.25, 0.3) is 0 Å². The number of carboxylic acids is 1. The van der Waals surface area contributed by atoms with Crippen LogP contribution in [0.5, 0.6) is 0 Å². The Kier molecular flexibility index (Phi) is 5.29. The van der Waals surface area contributed by atoms with Crippen molar-refractivity contribution < 1.29 is 19.4 Å². The van der Waals surface area contributed by atoms with Crippen LogP contribution in [0.25, 0.3) is 0 Å². The normalized spacial score (nSPS) is 18.0. The highest BCUT2D eigenvalue weighted by molar-refractivity contribution is 5.76. The van der Waals surface area contributed by atoms with Crippen LogP contribution >= 0.6 is 0 Å². The predicted octanol–water partition coefficient (Wildman–Crippen LogP) is 3.19. The van der Waals surface area contributed by atoms with E-state index >= 15 is 0 Å². The van der Waals surface area contributed by atoms with Gasteiger partial charge >= 0.3 is 11.9 Å². The lowest BCUT2D eigenvalue weighted by Gasteiger charge is -2.25. The predicted molar refractivity (Wildman–Crippen MR) is 88.7 cm³/mol. The van der Waals surface area contributed by atoms with Crippen molar-refractivity contribution in [3.63, 3.8) is 0 Å². The van der Waals surface area contributed by atoms with E-state index in [1.54, 1.807) is 0 Å². The number of para-hydroxylation sites is 1. The van der Waals surface area contributed by atoms with Crippen LogP contribution in [0.1, 0.15) is 51.5 Å². The summed E-state index contributed by atoms with van der Waals surface area (Å²) in [5.41, 5.74) is 1.47. The van der Waals surface area contributed by atoms with Gasteiger partial charge in [-0.25, -0.2) is 0 Å². The second-order valence-corrected chi connectivity index (χ2v) is 7.00. The lowest BCUT2D eigenvalue weighted by molar-refractivity contribution is -0.155. The molecule has 5 nitrogen and oxygen atoms in total. The van der Waals surface area contributed by atoms with E-state index in [-0.39, 0.29) is 18.4 Å². The van der Waals surface area contributed by atoms with E-state index in [1.807, 2.05) is 49.9 Å². The van der Waals surface area contributed by atoms with Crippen LogP contribution in [0.4, 0.5) is 5.69 Å². The first-order valence-corrected chi connectivity index (χ1v) is 8.04. The number of aliphatic carboxylic acids is 1. The van der Waals surface area contributed by atoms with Gasteiger partial charge in [0.15, 0.2) is 0 Å². The number of anilines is 1. The van der Waals surface area contributed by atoms with Crippen LogP contribution in [0.15, 0.2) is 24.3 Å². The van der Waals surface area contributed by atoms with Gasteiger partial charge < -0.3 is 14.7 Å². The van der Waals surface area contributed by atoms with Gasteiger partial charge in [-0.3, -0.25) is 9.59 Å². The average Bonchev–Trinajstić information content (AvgIpc) is 2.57. The molecule has 23 heavy (non-hydrogen) atoms. The highest BCUT2D eigenvalue weighted by Gasteiger charge is 2.27. The average molecular weight is 319 g/mol. The largest absolute Gasteiger partial charge is 0.480 e. The van der Waals surface area contributed by atoms with E-state index in [9.17, 15) is 9.59 Å². The summed E-state index contributed by atoms with van der Waals surface area (Å²) >= 11 is 0. The molecule has 1 aliphatic rings. The highest BCUT2D eigenvalue weighted by Crippen LogP contribution is 2.36. The maximum absolute atomic E-state index is 12.2. The van der Waals surface area contributed by atoms with Crippen molar-refractivity contribution in [2.24, 2.45) is 0 Å². The number of esters is 1. The first-order valence-electron chi connectivity index (χ1n) is 8.04. The number of fused-ring (bicyclic) bond motifs is 1. The Morgan fingerprint density at radius 2 is 2.00 bits per heavy atom. The number of carboxylic acid groups (broad SMARTS) is 1. The molecule has 2 rings (SSSR count). The van der Waals surface area contributed by atoms with Crippen LogP contribution in [-0.4, -0.2) is 35.7 Å². The second kappa shape index (κ2) is 7.02. The summed E-state index contributed by atoms with van der Waals surface area (Å²) in [6.45, 7) is 6.26. The first kappa shape index (κ1) is 17.3. The van der Waals surface area contributed by atoms with Crippen LogP contribution in [0, 0.1) is 0 Å². The number of carbonyl (C=O) groups is 2. The van der Waals surface area contributed by atoms with Crippen LogP contribution in [0.3, 0.4) is 0 Å². The van der Waals surface area contributed by atoms with E-state index in [1.165, 1.54) is 0 Å². The van der Waals surface area contributed by atoms with Crippen molar-refractivity contribution in [2.75, 3.05) is 18.0 Å². The molecule has 1 aromatic carbocycles. The minimum absolute atomic E-state index is 0.0177. The summed E-state index contributed by atoms with van der Waals surface area (Å²) in [6, 6.07) is 7.77. The maximum Gasteiger partial charge on any atom is 0.323 e. The Morgan fingerprint density at radius 3 is 2.65 bits per heavy atom. The first-order chi connectivity index (χ1) is 10.8. The number of hydrogen-bond acceptors (Lipinski definition) is 4. The minimum Gasteiger partial charge on any atom is -0.480 e. The Morgan fingerprint density at radius 1 is 1.30 bits per heavy atom. The fraction of sp³-hybridized carbons (Fsp3) is 0.556. The summed E-state index contributed by atoms with van der Waals surface area (Å²) in [5, 5.41) is 9.11. The molecule has 0 amide bonds. The van der Waals surface area contributed by atoms with Gasteiger partial charge in [0.1, 0.15) is 12.1 Å². The Labute approximate surface area is 137 Å². The third kappa shape index (κ3) is 4.98. The Balaban J connectivity index is 2.21. The number of benzene rings is 1. The van der Waals surface area contributed by atoms with Gasteiger partial charge in [0.05, 0.1) is 6.42 Å². The lowest BCUT2D eigenvalue weighted by atomic mass is 9.91. The molecule has 0 radical (unpaired) electrons. The molecule has 1 unspecified atom stereocenters. The molecule has 0 saturated carbocycles. The highest BCUT2D eigenvalue weighted by atomic mass is 16.6. The summed E-state index contributed by atoms with van der Waals surface area (Å²) in [6.07, 6.45) is 2.04. The van der Waals surface area contributed by atoms with Crippen molar-refractivity contribution in [2.45, 2.75) is 51.6 Å². The van der Waals surface area contributed by atoms with Crippen LogP contribution < -0.4 is 4.90 Å². The van der Waals surface area contributed by atoms with Gasteiger partial charge in [0.2, 0.25) is 0 Å². The summed E-state index contributed by atoms with van der Waals surface area (Å²) in [5.74, 6) is -0.978. The molecule has 0 saturated heterocycles. The summed E-state index contributed by atoms with van der Waals surface area (Å²) < 4.78 is 5.44. The number of nitrogens with zero attached hydrogens (tertiary/aromatic N) is 1. The number of hydrogen-bond donors (Lipinski definition) is 1. The van der Waals surface area contributed by atoms with Crippen LogP contribution in [-0.2, 0) is 14.3 Å². The third-order valence-corrected chi connectivity index (χ3v) is 3.86. The zero-order chi connectivity index (χ0) is 17.0. The summed E-state index contributed by atoms with van der Waals surface area (Å²) in [7, 11) is 0. The van der Waals surface area contributed by atoms with Gasteiger partial charge in [-0.2, -0.15) is 0 Å². The zero-order valence-electron chi connectivity index (χ0n) is 14.0. The van der Waals surface area contributed by atoms with E-state index in [0.29, 0.717) is 13.0 Å². The Hall–Kier alpha value is -2.04. The molecule has 0 aromatic heterocycles. The molecule has 1 aliphatic heterocycles. The van der Waals surface area contributed by atoms with Gasteiger partial charge in [-0.1, -0.05) is 18.2 Å². The van der Waals surface area contributed by atoms with Gasteiger partial charge in [-0.05, 0) is 51.2 Å². The second-order valence-electron chi connectivity index (χ2n) is 7.00. The van der Waals surface area contributed by atoms with E-state index in [2.05, 4.69) is 0 Å². The summed E-state index contributed by atoms with van der Waals surface area (Å²) in [4.78, 5) is 25.1. The maximum atomic E-state index is 12.2. The number of rotatable bonds is 4. The van der Waals surface area contributed by atoms with Crippen molar-refractivity contribution in [1.29, 1.82) is 0 Å². The fourth-order valence-electron chi connectivity index (χ4n) is 3.05. The molecule has 0 spiro atoms. The monoisotopic (exact) mass is 319 g/mol. The van der Waals surface area contributed by atoms with E-state index < -0.39 is 11.6 Å². The molecular weight excluding hydrogens is 294 g/mol. The molecule has 0 bridgehead atoms. The van der Waals surface area contributed by atoms with E-state index in [4.69, 9.17) is 9.84 Å². The third-order valence-electron chi connectivity index (χ3n) is 3.86. The van der Waals surface area contributed by atoms with Crippen molar-refractivity contribution >= 4 is 17.6 Å². The molecule has 0 fully saturated rings. The molecule has 5 heteroatoms. The smallest absolute Gasteiger partial charge is 0.323 e. The molecule has 1 N–H and O–H groups in total. The van der Waals surface area contributed by atoms with Crippen molar-refractivity contribution in [3.8, 4) is 0 Å². The van der Waals surface area contributed by atoms with Gasteiger partial charge in [-0.15, -0.1) is 0 Å². The number of ether oxygens (including phenoxy) is 1. The van der Waals surface area contributed by atoms with Crippen LogP contribution in [0.2, 0.25) is 0 Å². The molecule has 126 valence electrons. The molecule has 1 heterocycles. The van der Waals surface area contributed by atoms with Crippen molar-refractivity contribution in [1.82, 2.24) is 0 Å². The fourth-order valence-corrected chi connectivity index (χ4v) is 3.05. The quantitative estimate of drug-likeness (QED) is 0.863. The molecule has 1 aromatic rings.